The molecule has 1 atom stereocenters. The topological polar surface area (TPSA) is 71.1 Å². The number of hydrogen-bond acceptors (Lipinski definition) is 7. The molecule has 1 saturated heterocycles. The van der Waals surface area contributed by atoms with Gasteiger partial charge < -0.3 is 18.0 Å². The van der Waals surface area contributed by atoms with E-state index in [-0.39, 0.29) is 11.7 Å². The predicted octanol–water partition coefficient (Wildman–Crippen LogP) is 0.830. The highest BCUT2D eigenvalue weighted by molar-refractivity contribution is 8.00. The second-order valence-corrected chi connectivity index (χ2v) is 8.16. The Labute approximate surface area is 112 Å². The van der Waals surface area contributed by atoms with E-state index in [2.05, 4.69) is 4.74 Å². The molecule has 0 amide bonds. The smallest absolute Gasteiger partial charge is 0.392 e. The number of ether oxygens (including phenoxy) is 1. The third-order valence-electron chi connectivity index (χ3n) is 2.71. The van der Waals surface area contributed by atoms with Gasteiger partial charge in [-0.1, -0.05) is 0 Å². The van der Waals surface area contributed by atoms with Crippen molar-refractivity contribution in [2.24, 2.45) is 0 Å². The fourth-order valence-electron chi connectivity index (χ4n) is 1.65. The minimum Gasteiger partial charge on any atom is -0.392 e. The molecule has 1 rings (SSSR count). The van der Waals surface area contributed by atoms with E-state index in [9.17, 15) is 9.59 Å². The van der Waals surface area contributed by atoms with Crippen molar-refractivity contribution in [3.8, 4) is 0 Å². The molecule has 1 aliphatic heterocycles. The Morgan fingerprint density at radius 2 is 1.89 bits per heavy atom. The number of carbonyl (C=O) groups excluding carboxylic acids is 2. The monoisotopic (exact) mass is 294 g/mol. The van der Waals surface area contributed by atoms with Crippen molar-refractivity contribution in [1.29, 1.82) is 0 Å². The number of esters is 2. The van der Waals surface area contributed by atoms with Crippen LogP contribution < -0.4 is 0 Å². The summed E-state index contributed by atoms with van der Waals surface area (Å²) in [6.45, 7) is 0. The molecule has 1 fully saturated rings. The van der Waals surface area contributed by atoms with Crippen molar-refractivity contribution in [1.82, 2.24) is 0 Å². The van der Waals surface area contributed by atoms with Crippen LogP contribution in [0, 0.1) is 0 Å². The van der Waals surface area contributed by atoms with Crippen LogP contribution >= 0.6 is 11.8 Å². The molecule has 0 N–H and O–H groups in total. The first kappa shape index (κ1) is 15.6. The predicted molar refractivity (Wildman–Crippen MR) is 68.2 cm³/mol. The molecule has 18 heavy (non-hydrogen) atoms. The number of hydrogen-bond donors (Lipinski definition) is 0. The van der Waals surface area contributed by atoms with Gasteiger partial charge in [-0.3, -0.25) is 9.59 Å². The highest BCUT2D eigenvalue weighted by Crippen LogP contribution is 2.25. The van der Waals surface area contributed by atoms with Crippen LogP contribution in [0.15, 0.2) is 0 Å². The molecule has 6 nitrogen and oxygen atoms in total. The first-order valence-corrected chi connectivity index (χ1v) is 8.56. The Kier molecular flexibility index (Phi) is 6.30. The molecule has 104 valence electrons. The number of thioether (sulfide) groups is 1. The van der Waals surface area contributed by atoms with Crippen LogP contribution in [0.5, 0.6) is 0 Å². The summed E-state index contributed by atoms with van der Waals surface area (Å²) < 4.78 is 20.3. The van der Waals surface area contributed by atoms with E-state index in [0.29, 0.717) is 6.04 Å². The van der Waals surface area contributed by atoms with Crippen molar-refractivity contribution < 1.29 is 27.6 Å². The lowest BCUT2D eigenvalue weighted by atomic mass is 10.4. The van der Waals surface area contributed by atoms with E-state index in [0.717, 1.165) is 12.2 Å². The molecule has 0 saturated carbocycles. The van der Waals surface area contributed by atoms with Crippen molar-refractivity contribution >= 4 is 32.5 Å². The summed E-state index contributed by atoms with van der Waals surface area (Å²) in [5, 5.41) is -0.360. The third-order valence-corrected chi connectivity index (χ3v) is 6.83. The molecule has 0 radical (unpaired) electrons. The Bertz CT molecular complexity index is 298. The zero-order chi connectivity index (χ0) is 13.6. The van der Waals surface area contributed by atoms with Crippen molar-refractivity contribution in [2.75, 3.05) is 27.1 Å². The van der Waals surface area contributed by atoms with Gasteiger partial charge in [0.05, 0.1) is 6.42 Å². The summed E-state index contributed by atoms with van der Waals surface area (Å²) >= 11 is 1.43. The summed E-state index contributed by atoms with van der Waals surface area (Å²) in [7, 11) is 2.19. The van der Waals surface area contributed by atoms with Crippen LogP contribution in [-0.2, 0) is 27.6 Å². The molecular formula is C10H18O6SSi. The molecule has 0 spiro atoms. The van der Waals surface area contributed by atoms with Crippen LogP contribution in [0.1, 0.15) is 12.8 Å². The van der Waals surface area contributed by atoms with Gasteiger partial charge >= 0.3 is 20.7 Å². The molecule has 0 aromatic carbocycles. The van der Waals surface area contributed by atoms with E-state index in [1.165, 1.54) is 11.8 Å². The minimum atomic E-state index is -2.52. The summed E-state index contributed by atoms with van der Waals surface area (Å²) in [5.41, 5.74) is 0. The first-order valence-electron chi connectivity index (χ1n) is 5.58. The standard InChI is InChI=1S/C10H18O6SSi/c1-13-18(14-2,15-3)6-4-5-17-8-7-9(11)16-10(8)12/h8H,4-7H2,1-3H3. The van der Waals surface area contributed by atoms with Crippen molar-refractivity contribution in [3.63, 3.8) is 0 Å². The van der Waals surface area contributed by atoms with Gasteiger partial charge in [-0.05, 0) is 12.2 Å². The molecule has 0 bridgehead atoms. The van der Waals surface area contributed by atoms with E-state index in [1.54, 1.807) is 21.3 Å². The maximum Gasteiger partial charge on any atom is 0.500 e. The lowest BCUT2D eigenvalue weighted by Crippen LogP contribution is -2.42. The zero-order valence-electron chi connectivity index (χ0n) is 10.8. The second kappa shape index (κ2) is 7.24. The highest BCUT2D eigenvalue weighted by Gasteiger charge is 2.38. The molecular weight excluding hydrogens is 276 g/mol. The molecule has 8 heteroatoms. The van der Waals surface area contributed by atoms with E-state index in [4.69, 9.17) is 13.3 Å². The first-order chi connectivity index (χ1) is 8.56. The average Bonchev–Trinajstić information content (AvgIpc) is 2.69. The van der Waals surface area contributed by atoms with Gasteiger partial charge in [-0.25, -0.2) is 0 Å². The maximum absolute atomic E-state index is 11.2. The quantitative estimate of drug-likeness (QED) is 0.284. The van der Waals surface area contributed by atoms with Gasteiger partial charge in [0.2, 0.25) is 0 Å². The van der Waals surface area contributed by atoms with Gasteiger partial charge in [-0.15, -0.1) is 11.8 Å². The normalized spacial score (nSPS) is 20.3. The average molecular weight is 294 g/mol. The summed E-state index contributed by atoms with van der Waals surface area (Å²) in [6, 6.07) is 0.680. The van der Waals surface area contributed by atoms with Crippen LogP contribution in [0.3, 0.4) is 0 Å². The number of rotatable bonds is 8. The van der Waals surface area contributed by atoms with E-state index >= 15 is 0 Å². The number of carbonyl (C=O) groups is 2. The zero-order valence-corrected chi connectivity index (χ0v) is 12.6. The van der Waals surface area contributed by atoms with Gasteiger partial charge in [0, 0.05) is 27.4 Å². The Hall–Kier alpha value is -0.413. The fraction of sp³-hybridized carbons (Fsp3) is 0.800. The van der Waals surface area contributed by atoms with Gasteiger partial charge in [0.25, 0.3) is 0 Å². The summed E-state index contributed by atoms with van der Waals surface area (Å²) in [4.78, 5) is 22.1. The number of cyclic esters (lactones) is 2. The SMILES string of the molecule is CO[Si](CCCSC1CC(=O)OC1=O)(OC)OC. The molecule has 0 aromatic rings. The maximum atomic E-state index is 11.2. The van der Waals surface area contributed by atoms with Gasteiger partial charge in [0.1, 0.15) is 5.25 Å². The highest BCUT2D eigenvalue weighted by atomic mass is 32.2. The Morgan fingerprint density at radius 1 is 1.28 bits per heavy atom. The largest absolute Gasteiger partial charge is 0.500 e. The second-order valence-electron chi connectivity index (χ2n) is 3.76. The fourth-order valence-corrected chi connectivity index (χ4v) is 4.66. The Morgan fingerprint density at radius 3 is 2.33 bits per heavy atom. The molecule has 1 aliphatic rings. The lowest BCUT2D eigenvalue weighted by molar-refractivity contribution is -0.151. The Balaban J connectivity index is 2.26. The molecule has 0 aliphatic carbocycles. The molecule has 1 unspecified atom stereocenters. The summed E-state index contributed by atoms with van der Waals surface area (Å²) in [6.07, 6.45) is 0.968. The van der Waals surface area contributed by atoms with Crippen molar-refractivity contribution in [2.45, 2.75) is 24.1 Å². The minimum absolute atomic E-state index is 0.172. The van der Waals surface area contributed by atoms with E-state index in [1.807, 2.05) is 0 Å². The summed E-state index contributed by atoms with van der Waals surface area (Å²) in [5.74, 6) is -0.136. The van der Waals surface area contributed by atoms with Crippen LogP contribution in [-0.4, -0.2) is 53.1 Å². The van der Waals surface area contributed by atoms with Gasteiger partial charge in [0.15, 0.2) is 0 Å². The molecule has 1 heterocycles. The van der Waals surface area contributed by atoms with Crippen LogP contribution in [0.2, 0.25) is 6.04 Å². The lowest BCUT2D eigenvalue weighted by Gasteiger charge is -2.24. The third kappa shape index (κ3) is 4.06. The van der Waals surface area contributed by atoms with Gasteiger partial charge in [-0.2, -0.15) is 0 Å². The van der Waals surface area contributed by atoms with E-state index < -0.39 is 20.7 Å². The molecule has 0 aromatic heterocycles. The van der Waals surface area contributed by atoms with Crippen LogP contribution in [0.25, 0.3) is 0 Å². The van der Waals surface area contributed by atoms with Crippen LogP contribution in [0.4, 0.5) is 0 Å². The van der Waals surface area contributed by atoms with Crippen molar-refractivity contribution in [3.05, 3.63) is 0 Å².